The lowest BCUT2D eigenvalue weighted by Gasteiger charge is -2.43. The minimum atomic E-state index is -5.00. The number of alkyl halides is 6. The number of benzene rings is 1. The zero-order valence-electron chi connectivity index (χ0n) is 19.5. The third kappa shape index (κ3) is 5.20. The lowest BCUT2D eigenvalue weighted by Crippen LogP contribution is -2.59. The molecular weight excluding hydrogens is 540 g/mol. The van der Waals surface area contributed by atoms with Gasteiger partial charge in [-0.15, -0.1) is 0 Å². The number of aromatic nitrogens is 1. The van der Waals surface area contributed by atoms with Gasteiger partial charge in [0.1, 0.15) is 11.9 Å². The van der Waals surface area contributed by atoms with Gasteiger partial charge in [-0.25, -0.2) is 0 Å². The van der Waals surface area contributed by atoms with Crippen molar-refractivity contribution in [3.05, 3.63) is 35.0 Å². The quantitative estimate of drug-likeness (QED) is 0.321. The van der Waals surface area contributed by atoms with Crippen molar-refractivity contribution in [1.82, 2.24) is 14.8 Å². The predicted octanol–water partition coefficient (Wildman–Crippen LogP) is 4.43. The van der Waals surface area contributed by atoms with Gasteiger partial charge in [0.2, 0.25) is 11.7 Å². The second-order valence-corrected chi connectivity index (χ2v) is 9.42. The van der Waals surface area contributed by atoms with Crippen molar-refractivity contribution in [1.29, 1.82) is 16.1 Å². The van der Waals surface area contributed by atoms with Crippen LogP contribution in [0.4, 0.5) is 32.0 Å². The summed E-state index contributed by atoms with van der Waals surface area (Å²) in [5, 5.41) is 25.4. The van der Waals surface area contributed by atoms with Crippen molar-refractivity contribution >= 4 is 45.8 Å². The number of carbonyl (C=O) groups is 1. The van der Waals surface area contributed by atoms with E-state index in [1.54, 1.807) is 12.1 Å². The number of fused-ring (bicyclic) bond motifs is 1. The highest BCUT2D eigenvalue weighted by molar-refractivity contribution is 6.31. The highest BCUT2D eigenvalue weighted by Gasteiger charge is 2.52. The van der Waals surface area contributed by atoms with Gasteiger partial charge in [0.15, 0.2) is 0 Å². The molecule has 0 spiro atoms. The molecule has 2 fully saturated rings. The number of amides is 1. The van der Waals surface area contributed by atoms with Gasteiger partial charge in [0.05, 0.1) is 35.1 Å². The number of hydrogen-bond acceptors (Lipinski definition) is 6. The molecule has 4 rings (SSSR count). The van der Waals surface area contributed by atoms with E-state index in [2.05, 4.69) is 4.98 Å². The number of piperidine rings is 1. The molecule has 38 heavy (non-hydrogen) atoms. The summed E-state index contributed by atoms with van der Waals surface area (Å²) in [5.74, 6) is -7.06. The molecule has 3 heterocycles. The molecule has 8 nitrogen and oxygen atoms in total. The average Bonchev–Trinajstić information content (AvgIpc) is 2.85. The van der Waals surface area contributed by atoms with Gasteiger partial charge in [-0.05, 0) is 24.6 Å². The Hall–Kier alpha value is -3.60. The first-order chi connectivity index (χ1) is 17.7. The predicted molar refractivity (Wildman–Crippen MR) is 126 cm³/mol. The molecule has 2 saturated heterocycles. The largest absolute Gasteiger partial charge is 0.449 e. The molecule has 0 radical (unpaired) electrons. The Morgan fingerprint density at radius 3 is 2.47 bits per heavy atom. The number of pyridine rings is 1. The summed E-state index contributed by atoms with van der Waals surface area (Å²) >= 11 is 6.09. The Bertz CT molecular complexity index is 1340. The van der Waals surface area contributed by atoms with E-state index in [0.29, 0.717) is 20.8 Å². The molecule has 2 aliphatic heterocycles. The lowest BCUT2D eigenvalue weighted by atomic mass is 9.83. The van der Waals surface area contributed by atoms with Gasteiger partial charge in [0, 0.05) is 42.8 Å². The number of nitrogens with zero attached hydrogens (tertiary/aromatic N) is 5. The monoisotopic (exact) mass is 559 g/mol. The summed E-state index contributed by atoms with van der Waals surface area (Å²) in [5.41, 5.74) is 0.689. The zero-order chi connectivity index (χ0) is 28.0. The molecule has 1 aromatic heterocycles. The van der Waals surface area contributed by atoms with Crippen LogP contribution < -0.4 is 4.90 Å². The van der Waals surface area contributed by atoms with Crippen LogP contribution in [-0.2, 0) is 4.79 Å². The Morgan fingerprint density at radius 1 is 1.16 bits per heavy atom. The average molecular weight is 560 g/mol. The minimum absolute atomic E-state index is 0.0145. The van der Waals surface area contributed by atoms with E-state index in [4.69, 9.17) is 22.4 Å². The van der Waals surface area contributed by atoms with Gasteiger partial charge in [-0.2, -0.15) is 31.6 Å². The highest BCUT2D eigenvalue weighted by atomic mass is 35.5. The maximum Gasteiger partial charge on any atom is 0.449 e. The first-order valence-corrected chi connectivity index (χ1v) is 11.7. The molecule has 2 unspecified atom stereocenters. The topological polar surface area (TPSA) is 111 Å². The van der Waals surface area contributed by atoms with E-state index >= 15 is 0 Å². The zero-order valence-corrected chi connectivity index (χ0v) is 20.3. The van der Waals surface area contributed by atoms with E-state index in [1.807, 2.05) is 6.07 Å². The fourth-order valence-corrected chi connectivity index (χ4v) is 5.05. The molecule has 1 aromatic carbocycles. The smallest absolute Gasteiger partial charge is 0.369 e. The number of nitrogens with one attached hydrogen (secondary N) is 2. The number of hydrogen-bond donors (Lipinski definition) is 2. The fourth-order valence-electron chi connectivity index (χ4n) is 4.88. The van der Waals surface area contributed by atoms with Crippen LogP contribution in [0.5, 0.6) is 0 Å². The number of piperazine rings is 1. The van der Waals surface area contributed by atoms with Crippen LogP contribution in [-0.4, -0.2) is 77.4 Å². The third-order valence-corrected chi connectivity index (χ3v) is 6.93. The maximum absolute atomic E-state index is 14.2. The van der Waals surface area contributed by atoms with E-state index in [9.17, 15) is 36.4 Å². The Labute approximate surface area is 217 Å². The standard InChI is InChI=1S/C23H20ClF6N7O/c24-13-1-2-17-15(7-13)19(12(8-31)9-34-17)35-4-3-14(16(10-35)22(25,26)27)20(38)36-5-6-37(18(32)11-36)21(33)23(28,29)30/h1-2,7,9,14,16,32-33H,3-6,10-11H2. The molecule has 0 bridgehead atoms. The molecule has 0 aliphatic carbocycles. The third-order valence-electron chi connectivity index (χ3n) is 6.70. The molecule has 2 N–H and O–H groups in total. The maximum atomic E-state index is 14.2. The van der Waals surface area contributed by atoms with Crippen molar-refractivity contribution in [2.24, 2.45) is 11.8 Å². The van der Waals surface area contributed by atoms with Crippen LogP contribution in [0.15, 0.2) is 24.4 Å². The van der Waals surface area contributed by atoms with Crippen LogP contribution in [0.25, 0.3) is 10.9 Å². The summed E-state index contributed by atoms with van der Waals surface area (Å²) in [6, 6.07) is 6.58. The van der Waals surface area contributed by atoms with Crippen molar-refractivity contribution in [2.45, 2.75) is 18.8 Å². The van der Waals surface area contributed by atoms with Gasteiger partial charge >= 0.3 is 12.4 Å². The SMILES string of the molecule is N#Cc1cnc2ccc(Cl)cc2c1N1CCC(C(=O)N2CCN(C(=N)C(F)(F)F)C(=N)C2)C(C(F)(F)F)C1. The number of halogens is 7. The van der Waals surface area contributed by atoms with Crippen molar-refractivity contribution in [2.75, 3.05) is 37.6 Å². The molecule has 2 aliphatic rings. The second kappa shape index (κ2) is 9.94. The van der Waals surface area contributed by atoms with Crippen LogP contribution in [0.1, 0.15) is 12.0 Å². The van der Waals surface area contributed by atoms with E-state index in [-0.39, 0.29) is 30.8 Å². The first-order valence-electron chi connectivity index (χ1n) is 11.3. The molecule has 0 saturated carbocycles. The van der Waals surface area contributed by atoms with E-state index in [0.717, 1.165) is 4.90 Å². The van der Waals surface area contributed by atoms with Crippen LogP contribution in [0.3, 0.4) is 0 Å². The minimum Gasteiger partial charge on any atom is -0.369 e. The van der Waals surface area contributed by atoms with Crippen molar-refractivity contribution in [3.8, 4) is 6.07 Å². The number of amidine groups is 2. The normalized spacial score (nSPS) is 21.0. The second-order valence-electron chi connectivity index (χ2n) is 8.99. The number of anilines is 1. The lowest BCUT2D eigenvalue weighted by molar-refractivity contribution is -0.195. The van der Waals surface area contributed by atoms with Crippen molar-refractivity contribution < 1.29 is 31.1 Å². The Kier molecular flexibility index (Phi) is 7.17. The molecule has 1 amide bonds. The van der Waals surface area contributed by atoms with Gasteiger partial charge in [-0.1, -0.05) is 11.6 Å². The molecule has 202 valence electrons. The Balaban J connectivity index is 1.59. The molecular formula is C23H20ClF6N7O. The van der Waals surface area contributed by atoms with Gasteiger partial charge in [-0.3, -0.25) is 20.6 Å². The van der Waals surface area contributed by atoms with Crippen LogP contribution >= 0.6 is 11.6 Å². The summed E-state index contributed by atoms with van der Waals surface area (Å²) < 4.78 is 81.4. The molecule has 2 aromatic rings. The number of nitriles is 1. The highest BCUT2D eigenvalue weighted by Crippen LogP contribution is 2.42. The van der Waals surface area contributed by atoms with E-state index in [1.165, 1.54) is 17.2 Å². The summed E-state index contributed by atoms with van der Waals surface area (Å²) in [6.07, 6.45) is -8.80. The molecule has 2 atom stereocenters. The summed E-state index contributed by atoms with van der Waals surface area (Å²) in [6.45, 7) is -2.20. The van der Waals surface area contributed by atoms with Gasteiger partial charge in [0.25, 0.3) is 0 Å². The molecule has 15 heteroatoms. The number of rotatable bonds is 2. The number of carbonyl (C=O) groups excluding carboxylic acids is 1. The fraction of sp³-hybridized carbons (Fsp3) is 0.435. The van der Waals surface area contributed by atoms with Crippen LogP contribution in [0, 0.1) is 34.0 Å². The summed E-state index contributed by atoms with van der Waals surface area (Å²) in [7, 11) is 0. The van der Waals surface area contributed by atoms with E-state index < -0.39 is 61.4 Å². The van der Waals surface area contributed by atoms with Crippen LogP contribution in [0.2, 0.25) is 5.02 Å². The van der Waals surface area contributed by atoms with Crippen molar-refractivity contribution in [3.63, 3.8) is 0 Å². The van der Waals surface area contributed by atoms with Gasteiger partial charge < -0.3 is 14.7 Å². The Morgan fingerprint density at radius 2 is 1.87 bits per heavy atom. The summed E-state index contributed by atoms with van der Waals surface area (Å²) in [4.78, 5) is 20.1. The first kappa shape index (κ1) is 27.4.